The standard InChI is InChI=1S/C23H28N2O6S/c1-4-29-17-11-10-15(12-18(17)30-5-2)25-20(27)13-31-23(28)21-16-8-6-7-9-19(16)32-22(21)24-14(3)26/h10-12H,4-9,13H2,1-3H3,(H,24,26)(H,25,27). The molecule has 1 aliphatic carbocycles. The Morgan fingerprint density at radius 2 is 1.72 bits per heavy atom. The molecule has 0 radical (unpaired) electrons. The van der Waals surface area contributed by atoms with Gasteiger partial charge in [0.1, 0.15) is 5.00 Å². The van der Waals surface area contributed by atoms with E-state index in [-0.39, 0.29) is 5.91 Å². The molecule has 9 heteroatoms. The monoisotopic (exact) mass is 460 g/mol. The molecule has 2 N–H and O–H groups in total. The van der Waals surface area contributed by atoms with E-state index in [9.17, 15) is 14.4 Å². The highest BCUT2D eigenvalue weighted by Gasteiger charge is 2.27. The van der Waals surface area contributed by atoms with Gasteiger partial charge in [-0.25, -0.2) is 4.79 Å². The molecule has 32 heavy (non-hydrogen) atoms. The summed E-state index contributed by atoms with van der Waals surface area (Å²) < 4.78 is 16.4. The average molecular weight is 461 g/mol. The summed E-state index contributed by atoms with van der Waals surface area (Å²) in [6.45, 7) is 5.64. The first-order valence-electron chi connectivity index (χ1n) is 10.7. The molecule has 2 amide bonds. The number of amides is 2. The summed E-state index contributed by atoms with van der Waals surface area (Å²) >= 11 is 1.41. The molecule has 1 aromatic carbocycles. The van der Waals surface area contributed by atoms with Crippen molar-refractivity contribution in [3.8, 4) is 11.5 Å². The lowest BCUT2D eigenvalue weighted by molar-refractivity contribution is -0.119. The van der Waals surface area contributed by atoms with Crippen molar-refractivity contribution in [1.82, 2.24) is 0 Å². The third-order valence-electron chi connectivity index (χ3n) is 4.83. The highest BCUT2D eigenvalue weighted by atomic mass is 32.1. The maximum absolute atomic E-state index is 12.8. The molecule has 172 valence electrons. The predicted octanol–water partition coefficient (Wildman–Crippen LogP) is 4.18. The fourth-order valence-corrected chi connectivity index (χ4v) is 4.88. The van der Waals surface area contributed by atoms with Gasteiger partial charge in [0, 0.05) is 23.6 Å². The van der Waals surface area contributed by atoms with Crippen LogP contribution in [0.3, 0.4) is 0 Å². The molecule has 0 saturated heterocycles. The number of carbonyl (C=O) groups is 3. The molecule has 1 heterocycles. The van der Waals surface area contributed by atoms with E-state index in [4.69, 9.17) is 14.2 Å². The van der Waals surface area contributed by atoms with Crippen LogP contribution in [0.2, 0.25) is 0 Å². The van der Waals surface area contributed by atoms with Gasteiger partial charge >= 0.3 is 5.97 Å². The Labute approximate surface area is 191 Å². The number of benzene rings is 1. The van der Waals surface area contributed by atoms with E-state index in [1.165, 1.54) is 18.3 Å². The number of hydrogen-bond donors (Lipinski definition) is 2. The maximum atomic E-state index is 12.8. The summed E-state index contributed by atoms with van der Waals surface area (Å²) in [4.78, 5) is 37.9. The van der Waals surface area contributed by atoms with E-state index in [1.54, 1.807) is 18.2 Å². The van der Waals surface area contributed by atoms with Crippen LogP contribution in [0, 0.1) is 0 Å². The van der Waals surface area contributed by atoms with Gasteiger partial charge in [-0.2, -0.15) is 0 Å². The number of fused-ring (bicyclic) bond motifs is 1. The first-order valence-corrected chi connectivity index (χ1v) is 11.5. The van der Waals surface area contributed by atoms with E-state index >= 15 is 0 Å². The zero-order chi connectivity index (χ0) is 23.1. The topological polar surface area (TPSA) is 103 Å². The van der Waals surface area contributed by atoms with Crippen LogP contribution >= 0.6 is 11.3 Å². The second-order valence-corrected chi connectivity index (χ2v) is 8.35. The Hall–Kier alpha value is -3.07. The number of anilines is 2. The molecule has 1 aromatic heterocycles. The summed E-state index contributed by atoms with van der Waals surface area (Å²) in [6, 6.07) is 5.07. The Kier molecular flexibility index (Phi) is 8.10. The van der Waals surface area contributed by atoms with E-state index in [2.05, 4.69) is 10.6 Å². The number of thiophene rings is 1. The number of carbonyl (C=O) groups excluding carboxylic acids is 3. The second-order valence-electron chi connectivity index (χ2n) is 7.25. The van der Waals surface area contributed by atoms with Gasteiger partial charge in [0.25, 0.3) is 5.91 Å². The quantitative estimate of drug-likeness (QED) is 0.544. The minimum atomic E-state index is -0.606. The molecule has 0 fully saturated rings. The number of aryl methyl sites for hydroxylation is 1. The second kappa shape index (κ2) is 11.0. The fourth-order valence-electron chi connectivity index (χ4n) is 3.56. The largest absolute Gasteiger partial charge is 0.490 e. The van der Waals surface area contributed by atoms with Crippen LogP contribution < -0.4 is 20.1 Å². The summed E-state index contributed by atoms with van der Waals surface area (Å²) in [6.07, 6.45) is 3.66. The minimum Gasteiger partial charge on any atom is -0.490 e. The molecule has 2 aromatic rings. The lowest BCUT2D eigenvalue weighted by atomic mass is 9.95. The van der Waals surface area contributed by atoms with Gasteiger partial charge in [-0.05, 0) is 57.2 Å². The third-order valence-corrected chi connectivity index (χ3v) is 6.03. The van der Waals surface area contributed by atoms with Crippen LogP contribution in [-0.2, 0) is 27.2 Å². The minimum absolute atomic E-state index is 0.254. The lowest BCUT2D eigenvalue weighted by Gasteiger charge is -2.14. The van der Waals surface area contributed by atoms with E-state index in [0.29, 0.717) is 41.0 Å². The van der Waals surface area contributed by atoms with Crippen molar-refractivity contribution in [2.24, 2.45) is 0 Å². The highest BCUT2D eigenvalue weighted by Crippen LogP contribution is 2.38. The van der Waals surface area contributed by atoms with Crippen molar-refractivity contribution >= 4 is 39.8 Å². The first-order chi connectivity index (χ1) is 15.4. The molecular formula is C23H28N2O6S. The molecule has 0 aliphatic heterocycles. The molecule has 0 saturated carbocycles. The first kappa shape index (κ1) is 23.6. The van der Waals surface area contributed by atoms with Gasteiger partial charge in [-0.15, -0.1) is 11.3 Å². The van der Waals surface area contributed by atoms with Gasteiger partial charge in [0.2, 0.25) is 5.91 Å². The summed E-state index contributed by atoms with van der Waals surface area (Å²) in [5, 5.41) is 5.91. The number of esters is 1. The molecular weight excluding hydrogens is 432 g/mol. The smallest absolute Gasteiger partial charge is 0.341 e. The number of hydrogen-bond acceptors (Lipinski definition) is 7. The van der Waals surface area contributed by atoms with Gasteiger partial charge in [0.05, 0.1) is 18.8 Å². The lowest BCUT2D eigenvalue weighted by Crippen LogP contribution is -2.22. The summed E-state index contributed by atoms with van der Waals surface area (Å²) in [5.74, 6) is -0.225. The molecule has 1 aliphatic rings. The molecule has 0 spiro atoms. The fraction of sp³-hybridized carbons (Fsp3) is 0.435. The zero-order valence-corrected chi connectivity index (χ0v) is 19.4. The van der Waals surface area contributed by atoms with E-state index in [0.717, 1.165) is 36.1 Å². The van der Waals surface area contributed by atoms with Crippen molar-refractivity contribution in [1.29, 1.82) is 0 Å². The van der Waals surface area contributed by atoms with Crippen LogP contribution in [0.5, 0.6) is 11.5 Å². The number of nitrogens with one attached hydrogen (secondary N) is 2. The van der Waals surface area contributed by atoms with Gasteiger partial charge in [-0.1, -0.05) is 0 Å². The maximum Gasteiger partial charge on any atom is 0.341 e. The Bertz CT molecular complexity index is 1000. The molecule has 0 unspecified atom stereocenters. The van der Waals surface area contributed by atoms with E-state index < -0.39 is 18.5 Å². The summed E-state index contributed by atoms with van der Waals surface area (Å²) in [5.41, 5.74) is 1.79. The molecule has 0 atom stereocenters. The Morgan fingerprint density at radius 3 is 2.44 bits per heavy atom. The van der Waals surface area contributed by atoms with Crippen LogP contribution in [-0.4, -0.2) is 37.6 Å². The molecule has 0 bridgehead atoms. The average Bonchev–Trinajstić information content (AvgIpc) is 3.11. The van der Waals surface area contributed by atoms with Gasteiger partial charge in [0.15, 0.2) is 18.1 Å². The van der Waals surface area contributed by atoms with Crippen molar-refractivity contribution in [2.45, 2.75) is 46.5 Å². The normalized spacial score (nSPS) is 12.5. The third kappa shape index (κ3) is 5.79. The molecule has 8 nitrogen and oxygen atoms in total. The van der Waals surface area contributed by atoms with Crippen molar-refractivity contribution in [2.75, 3.05) is 30.5 Å². The van der Waals surface area contributed by atoms with Crippen molar-refractivity contribution in [3.63, 3.8) is 0 Å². The van der Waals surface area contributed by atoms with Gasteiger partial charge < -0.3 is 24.8 Å². The predicted molar refractivity (Wildman–Crippen MR) is 123 cm³/mol. The van der Waals surface area contributed by atoms with Crippen LogP contribution in [0.15, 0.2) is 18.2 Å². The summed E-state index contributed by atoms with van der Waals surface area (Å²) in [7, 11) is 0. The SMILES string of the molecule is CCOc1ccc(NC(=O)COC(=O)c2c(NC(C)=O)sc3c2CCCC3)cc1OCC. The highest BCUT2D eigenvalue weighted by molar-refractivity contribution is 7.17. The Morgan fingerprint density at radius 1 is 1.00 bits per heavy atom. The van der Waals surface area contributed by atoms with Crippen LogP contribution in [0.4, 0.5) is 10.7 Å². The Balaban J connectivity index is 1.66. The van der Waals surface area contributed by atoms with E-state index in [1.807, 2.05) is 13.8 Å². The van der Waals surface area contributed by atoms with Gasteiger partial charge in [-0.3, -0.25) is 9.59 Å². The number of ether oxygens (including phenoxy) is 3. The van der Waals surface area contributed by atoms with Crippen molar-refractivity contribution in [3.05, 3.63) is 34.2 Å². The van der Waals surface area contributed by atoms with Crippen LogP contribution in [0.1, 0.15) is 54.4 Å². The zero-order valence-electron chi connectivity index (χ0n) is 18.5. The van der Waals surface area contributed by atoms with Crippen molar-refractivity contribution < 1.29 is 28.6 Å². The van der Waals surface area contributed by atoms with Crippen LogP contribution in [0.25, 0.3) is 0 Å². The molecule has 3 rings (SSSR count). The number of rotatable bonds is 9.